The fourth-order valence-corrected chi connectivity index (χ4v) is 8.61. The van der Waals surface area contributed by atoms with Crippen LogP contribution in [-0.2, 0) is 28.6 Å². The minimum absolute atomic E-state index is 0.181. The smallest absolute Gasteiger partial charge is 0.336 e. The Morgan fingerprint density at radius 2 is 0.627 bits per heavy atom. The molecular weight excluding hydrogens is 961 g/mol. The van der Waals surface area contributed by atoms with E-state index in [2.05, 4.69) is 0 Å². The molecule has 0 radical (unpaired) electrons. The molecule has 0 aliphatic heterocycles. The summed E-state index contributed by atoms with van der Waals surface area (Å²) in [5.41, 5.74) is 0.345. The highest BCUT2D eigenvalue weighted by Crippen LogP contribution is 2.23. The minimum Gasteiger partial charge on any atom is -0.493 e. The van der Waals surface area contributed by atoms with Gasteiger partial charge >= 0.3 is 34.8 Å². The first-order valence-corrected chi connectivity index (χ1v) is 27.2. The van der Waals surface area contributed by atoms with Crippen LogP contribution in [0.25, 0.3) is 32.9 Å². The van der Waals surface area contributed by atoms with Crippen molar-refractivity contribution in [3.63, 3.8) is 0 Å². The number of hydrogen-bond acceptors (Lipinski definition) is 15. The Morgan fingerprint density at radius 1 is 0.347 bits per heavy atom. The predicted octanol–water partition coefficient (Wildman–Crippen LogP) is 12.9. The van der Waals surface area contributed by atoms with E-state index in [0.29, 0.717) is 73.1 Å². The summed E-state index contributed by atoms with van der Waals surface area (Å²) in [5, 5.41) is 2.53. The summed E-state index contributed by atoms with van der Waals surface area (Å²) in [7, 11) is 0. The summed E-state index contributed by atoms with van der Waals surface area (Å²) in [6, 6.07) is 25.8. The van der Waals surface area contributed by atoms with E-state index in [1.54, 1.807) is 36.4 Å². The van der Waals surface area contributed by atoms with E-state index in [9.17, 15) is 28.8 Å². The van der Waals surface area contributed by atoms with Crippen LogP contribution in [0.15, 0.2) is 119 Å². The molecule has 3 aromatic heterocycles. The first-order valence-electron chi connectivity index (χ1n) is 27.2. The van der Waals surface area contributed by atoms with Gasteiger partial charge in [-0.1, -0.05) is 96.3 Å². The zero-order chi connectivity index (χ0) is 52.7. The Labute approximate surface area is 438 Å². The fourth-order valence-electron chi connectivity index (χ4n) is 8.61. The van der Waals surface area contributed by atoms with Crippen molar-refractivity contribution in [3.8, 4) is 17.2 Å². The van der Waals surface area contributed by atoms with E-state index < -0.39 is 29.0 Å². The first kappa shape index (κ1) is 57.4. The van der Waals surface area contributed by atoms with Crippen molar-refractivity contribution >= 4 is 50.8 Å². The monoisotopic (exact) mass is 1030 g/mol. The van der Waals surface area contributed by atoms with Gasteiger partial charge in [-0.2, -0.15) is 0 Å². The number of rotatable bonds is 38. The molecule has 0 unspecified atom stereocenters. The molecule has 0 saturated carbocycles. The maximum Gasteiger partial charge on any atom is 0.336 e. The maximum atomic E-state index is 12.9. The summed E-state index contributed by atoms with van der Waals surface area (Å²) < 4.78 is 50.0. The molecule has 0 aliphatic rings. The van der Waals surface area contributed by atoms with Gasteiger partial charge in [-0.3, -0.25) is 14.4 Å². The van der Waals surface area contributed by atoms with Crippen LogP contribution in [0.4, 0.5) is 0 Å². The highest BCUT2D eigenvalue weighted by atomic mass is 16.6. The van der Waals surface area contributed by atoms with Crippen molar-refractivity contribution in [1.82, 2.24) is 0 Å². The molecule has 0 fully saturated rings. The lowest BCUT2D eigenvalue weighted by atomic mass is 10.1. The van der Waals surface area contributed by atoms with Gasteiger partial charge in [0.15, 0.2) is 6.10 Å². The van der Waals surface area contributed by atoms with Crippen LogP contribution in [0.3, 0.4) is 0 Å². The normalized spacial score (nSPS) is 11.3. The minimum atomic E-state index is -0.891. The lowest BCUT2D eigenvalue weighted by molar-refractivity contribution is -0.167. The second-order valence-corrected chi connectivity index (χ2v) is 19.1. The van der Waals surface area contributed by atoms with E-state index in [1.807, 2.05) is 36.4 Å². The third kappa shape index (κ3) is 22.6. The number of fused-ring (bicyclic) bond motifs is 3. The van der Waals surface area contributed by atoms with Crippen molar-refractivity contribution in [1.29, 1.82) is 0 Å². The Balaban J connectivity index is 0.797. The molecule has 15 heteroatoms. The summed E-state index contributed by atoms with van der Waals surface area (Å²) >= 11 is 0. The average molecular weight is 1040 g/mol. The molecule has 75 heavy (non-hydrogen) atoms. The van der Waals surface area contributed by atoms with Gasteiger partial charge in [0.25, 0.3) is 0 Å². The summed E-state index contributed by atoms with van der Waals surface area (Å²) in [6.07, 6.45) is 19.5. The molecule has 404 valence electrons. The third-order valence-electron chi connectivity index (χ3n) is 12.8. The molecule has 3 aromatic carbocycles. The van der Waals surface area contributed by atoms with Gasteiger partial charge in [0.2, 0.25) is 0 Å². The third-order valence-corrected chi connectivity index (χ3v) is 12.8. The Bertz CT molecular complexity index is 2710. The van der Waals surface area contributed by atoms with E-state index in [0.717, 1.165) is 132 Å². The summed E-state index contributed by atoms with van der Waals surface area (Å²) in [6.45, 7) is 1.35. The van der Waals surface area contributed by atoms with Gasteiger partial charge in [-0.15, -0.1) is 0 Å². The van der Waals surface area contributed by atoms with E-state index >= 15 is 0 Å². The number of hydrogen-bond donors (Lipinski definition) is 0. The molecule has 0 atom stereocenters. The van der Waals surface area contributed by atoms with Gasteiger partial charge in [0, 0.05) is 71.8 Å². The lowest BCUT2D eigenvalue weighted by Crippen LogP contribution is -2.30. The van der Waals surface area contributed by atoms with Crippen LogP contribution in [-0.4, -0.2) is 57.0 Å². The number of carbonyl (C=O) groups is 3. The first-order chi connectivity index (χ1) is 36.7. The van der Waals surface area contributed by atoms with Gasteiger partial charge in [-0.05, 0) is 93.1 Å². The Kier molecular flexibility index (Phi) is 25.3. The standard InChI is InChI=1S/C60H74O15/c61-55(22-16-10-4-1-7-13-19-37-67-48-31-25-45-28-34-58(64)73-52(45)40-48)70-43-51(72-57(63)24-18-12-6-3-9-15-21-39-69-50-33-27-47-30-36-60(66)75-54(47)42-50)44-71-56(62)23-17-11-5-2-8-14-20-38-68-49-32-26-46-29-35-59(65)74-53(46)41-49/h25-36,40-42,51H,1-24,37-39,43-44H2. The van der Waals surface area contributed by atoms with E-state index in [1.165, 1.54) is 18.2 Å². The van der Waals surface area contributed by atoms with Crippen LogP contribution < -0.4 is 31.1 Å². The highest BCUT2D eigenvalue weighted by Gasteiger charge is 2.20. The Hall–Kier alpha value is -6.90. The zero-order valence-corrected chi connectivity index (χ0v) is 43.4. The number of unbranched alkanes of at least 4 members (excludes halogenated alkanes) is 18. The summed E-state index contributed by atoms with van der Waals surface area (Å²) in [5.74, 6) is 0.839. The van der Waals surface area contributed by atoms with Gasteiger partial charge in [0.05, 0.1) is 19.8 Å². The molecule has 6 rings (SSSR count). The molecule has 0 saturated heterocycles. The van der Waals surface area contributed by atoms with Crippen molar-refractivity contribution < 1.29 is 56.1 Å². The predicted molar refractivity (Wildman–Crippen MR) is 287 cm³/mol. The second-order valence-electron chi connectivity index (χ2n) is 19.1. The van der Waals surface area contributed by atoms with Crippen LogP contribution >= 0.6 is 0 Å². The summed E-state index contributed by atoms with van der Waals surface area (Å²) in [4.78, 5) is 73.0. The fraction of sp³-hybridized carbons (Fsp3) is 0.500. The largest absolute Gasteiger partial charge is 0.493 e. The molecule has 6 aromatic rings. The number of ether oxygens (including phenoxy) is 6. The van der Waals surface area contributed by atoms with Crippen LogP contribution in [0, 0.1) is 0 Å². The number of carbonyl (C=O) groups excluding carboxylic acids is 3. The number of esters is 3. The SMILES string of the molecule is O=C(CCCCCCCCCOc1ccc2ccc(=O)oc2c1)OCC(COC(=O)CCCCCCCCCOc1ccc2ccc(=O)oc2c1)OC(=O)CCCCCCCCCOc1ccc2ccc(=O)oc2c1. The lowest BCUT2D eigenvalue weighted by Gasteiger charge is -2.18. The molecular formula is C60H74O15. The van der Waals surface area contributed by atoms with Crippen LogP contribution in [0.5, 0.6) is 17.2 Å². The van der Waals surface area contributed by atoms with Crippen LogP contribution in [0.1, 0.15) is 154 Å². The van der Waals surface area contributed by atoms with Crippen molar-refractivity contribution in [2.45, 2.75) is 160 Å². The van der Waals surface area contributed by atoms with Crippen molar-refractivity contribution in [3.05, 3.63) is 122 Å². The topological polar surface area (TPSA) is 197 Å². The van der Waals surface area contributed by atoms with Gasteiger partial charge < -0.3 is 41.7 Å². The molecule has 0 N–H and O–H groups in total. The van der Waals surface area contributed by atoms with E-state index in [-0.39, 0.29) is 44.4 Å². The van der Waals surface area contributed by atoms with E-state index in [4.69, 9.17) is 41.7 Å². The average Bonchev–Trinajstić information content (AvgIpc) is 3.40. The molecule has 0 bridgehead atoms. The quantitative estimate of drug-likeness (QED) is 0.0153. The zero-order valence-electron chi connectivity index (χ0n) is 43.4. The van der Waals surface area contributed by atoms with Crippen molar-refractivity contribution in [2.75, 3.05) is 33.0 Å². The maximum absolute atomic E-state index is 12.9. The molecule has 0 aliphatic carbocycles. The highest BCUT2D eigenvalue weighted by molar-refractivity contribution is 5.79. The molecule has 3 heterocycles. The Morgan fingerprint density at radius 3 is 0.960 bits per heavy atom. The molecule has 0 spiro atoms. The molecule has 15 nitrogen and oxygen atoms in total. The molecule has 0 amide bonds. The van der Waals surface area contributed by atoms with Crippen LogP contribution in [0.2, 0.25) is 0 Å². The second kappa shape index (κ2) is 33.1. The van der Waals surface area contributed by atoms with Gasteiger partial charge in [-0.25, -0.2) is 14.4 Å². The number of benzene rings is 3. The van der Waals surface area contributed by atoms with Crippen molar-refractivity contribution in [2.24, 2.45) is 0 Å². The van der Waals surface area contributed by atoms with Gasteiger partial charge in [0.1, 0.15) is 47.2 Å².